The van der Waals surface area contributed by atoms with Gasteiger partial charge in [-0.25, -0.2) is 4.79 Å². The van der Waals surface area contributed by atoms with Gasteiger partial charge in [0.05, 0.1) is 31.2 Å². The molecule has 0 saturated carbocycles. The zero-order valence-electron chi connectivity index (χ0n) is 10.7. The molecule has 7 nitrogen and oxygen atoms in total. The molecule has 0 radical (unpaired) electrons. The summed E-state index contributed by atoms with van der Waals surface area (Å²) in [6, 6.07) is 0. The monoisotopic (exact) mass is 257 g/mol. The third kappa shape index (κ3) is 3.44. The molecule has 3 N–H and O–H groups in total. The lowest BCUT2D eigenvalue weighted by Crippen LogP contribution is -2.17. The third-order valence-electron chi connectivity index (χ3n) is 2.36. The summed E-state index contributed by atoms with van der Waals surface area (Å²) in [5, 5.41) is 12.6. The van der Waals surface area contributed by atoms with Crippen LogP contribution in [-0.4, -0.2) is 47.3 Å². The number of aliphatic hydroxyl groups is 1. The fourth-order valence-corrected chi connectivity index (χ4v) is 1.47. The topological polar surface area (TPSA) is 99.6 Å². The Labute approximate surface area is 105 Å². The van der Waals surface area contributed by atoms with Crippen molar-refractivity contribution in [1.29, 1.82) is 0 Å². The molecule has 1 rings (SSSR count). The number of rotatable bonds is 7. The van der Waals surface area contributed by atoms with E-state index in [1.54, 1.807) is 6.92 Å². The number of nitrogens with zero attached hydrogens (tertiary/aromatic N) is 2. The van der Waals surface area contributed by atoms with Crippen molar-refractivity contribution in [1.82, 2.24) is 9.78 Å². The summed E-state index contributed by atoms with van der Waals surface area (Å²) in [7, 11) is 0. The smallest absolute Gasteiger partial charge is 0.358 e. The second-order valence-electron chi connectivity index (χ2n) is 3.64. The molecule has 0 aliphatic heterocycles. The molecule has 0 bridgehead atoms. The first-order chi connectivity index (χ1) is 8.61. The van der Waals surface area contributed by atoms with Gasteiger partial charge < -0.3 is 20.3 Å². The van der Waals surface area contributed by atoms with E-state index in [0.717, 1.165) is 0 Å². The van der Waals surface area contributed by atoms with Gasteiger partial charge in [-0.3, -0.25) is 4.68 Å². The lowest BCUT2D eigenvalue weighted by Gasteiger charge is -2.07. The number of aromatic nitrogens is 2. The number of anilines is 1. The standard InChI is InChI=1S/C11H19N3O4/c1-3-14-10(9(12)8(2)13-14)11(16)18-7-6-17-5-4-15/h15H,3-7,12H2,1-2H3. The Morgan fingerprint density at radius 2 is 2.17 bits per heavy atom. The summed E-state index contributed by atoms with van der Waals surface area (Å²) in [5.74, 6) is -0.512. The molecule has 0 spiro atoms. The highest BCUT2D eigenvalue weighted by Gasteiger charge is 2.20. The molecule has 0 aliphatic carbocycles. The van der Waals surface area contributed by atoms with E-state index in [4.69, 9.17) is 20.3 Å². The van der Waals surface area contributed by atoms with Crippen molar-refractivity contribution in [3.8, 4) is 0 Å². The number of ether oxygens (including phenoxy) is 2. The number of aliphatic hydroxyl groups excluding tert-OH is 1. The second kappa shape index (κ2) is 6.97. The molecule has 1 aromatic rings. The van der Waals surface area contributed by atoms with E-state index in [0.29, 0.717) is 17.9 Å². The fourth-order valence-electron chi connectivity index (χ4n) is 1.47. The minimum absolute atomic E-state index is 0.0529. The Morgan fingerprint density at radius 1 is 1.44 bits per heavy atom. The van der Waals surface area contributed by atoms with Gasteiger partial charge in [-0.2, -0.15) is 5.10 Å². The van der Waals surface area contributed by atoms with Crippen LogP contribution in [0.15, 0.2) is 0 Å². The molecule has 0 amide bonds. The second-order valence-corrected chi connectivity index (χ2v) is 3.64. The highest BCUT2D eigenvalue weighted by molar-refractivity contribution is 5.93. The van der Waals surface area contributed by atoms with Gasteiger partial charge in [0.15, 0.2) is 5.69 Å². The van der Waals surface area contributed by atoms with Crippen LogP contribution in [-0.2, 0) is 16.0 Å². The molecule has 0 aliphatic rings. The molecule has 0 saturated heterocycles. The quantitative estimate of drug-likeness (QED) is 0.525. The van der Waals surface area contributed by atoms with Crippen LogP contribution in [0.1, 0.15) is 23.1 Å². The average Bonchev–Trinajstić information content (AvgIpc) is 2.65. The number of hydrogen-bond acceptors (Lipinski definition) is 6. The highest BCUT2D eigenvalue weighted by Crippen LogP contribution is 2.17. The van der Waals surface area contributed by atoms with Crippen LogP contribution in [0.3, 0.4) is 0 Å². The van der Waals surface area contributed by atoms with Crippen LogP contribution in [0.2, 0.25) is 0 Å². The first-order valence-electron chi connectivity index (χ1n) is 5.80. The van der Waals surface area contributed by atoms with Crippen molar-refractivity contribution < 1.29 is 19.4 Å². The number of nitrogens with two attached hydrogens (primary N) is 1. The zero-order chi connectivity index (χ0) is 13.5. The van der Waals surface area contributed by atoms with Crippen LogP contribution < -0.4 is 5.73 Å². The van der Waals surface area contributed by atoms with Crippen LogP contribution in [0.4, 0.5) is 5.69 Å². The average molecular weight is 257 g/mol. The maximum Gasteiger partial charge on any atom is 0.358 e. The minimum Gasteiger partial charge on any atom is -0.458 e. The van der Waals surface area contributed by atoms with Gasteiger partial charge in [0.2, 0.25) is 0 Å². The summed E-state index contributed by atoms with van der Waals surface area (Å²) >= 11 is 0. The number of carbonyl (C=O) groups excluding carboxylic acids is 1. The predicted molar refractivity (Wildman–Crippen MR) is 65.2 cm³/mol. The van der Waals surface area contributed by atoms with Crippen LogP contribution in [0.25, 0.3) is 0 Å². The van der Waals surface area contributed by atoms with E-state index in [9.17, 15) is 4.79 Å². The van der Waals surface area contributed by atoms with E-state index in [1.165, 1.54) is 4.68 Å². The molecule has 0 atom stereocenters. The third-order valence-corrected chi connectivity index (χ3v) is 2.36. The number of aryl methyl sites for hydroxylation is 2. The fraction of sp³-hybridized carbons (Fsp3) is 0.636. The maximum atomic E-state index is 11.8. The van der Waals surface area contributed by atoms with Crippen molar-refractivity contribution in [2.45, 2.75) is 20.4 Å². The first kappa shape index (κ1) is 14.5. The van der Waals surface area contributed by atoms with E-state index >= 15 is 0 Å². The van der Waals surface area contributed by atoms with Crippen LogP contribution in [0.5, 0.6) is 0 Å². The lowest BCUT2D eigenvalue weighted by molar-refractivity contribution is 0.0249. The Bertz CT molecular complexity index is 403. The van der Waals surface area contributed by atoms with Gasteiger partial charge in [0, 0.05) is 6.54 Å². The highest BCUT2D eigenvalue weighted by atomic mass is 16.6. The van der Waals surface area contributed by atoms with Crippen molar-refractivity contribution in [3.05, 3.63) is 11.4 Å². The summed E-state index contributed by atoms with van der Waals surface area (Å²) in [6.45, 7) is 4.69. The van der Waals surface area contributed by atoms with Crippen molar-refractivity contribution >= 4 is 11.7 Å². The molecule has 0 aromatic carbocycles. The minimum atomic E-state index is -0.512. The zero-order valence-corrected chi connectivity index (χ0v) is 10.7. The number of nitrogen functional groups attached to an aromatic ring is 1. The SMILES string of the molecule is CCn1nc(C)c(N)c1C(=O)OCCOCCO. The normalized spacial score (nSPS) is 10.6. The molecule has 18 heavy (non-hydrogen) atoms. The Balaban J connectivity index is 2.56. The number of hydrogen-bond donors (Lipinski definition) is 2. The van der Waals surface area contributed by atoms with Gasteiger partial charge in [0.25, 0.3) is 0 Å². The summed E-state index contributed by atoms with van der Waals surface area (Å²) < 4.78 is 11.5. The van der Waals surface area contributed by atoms with E-state index in [-0.39, 0.29) is 32.1 Å². The van der Waals surface area contributed by atoms with Crippen LogP contribution >= 0.6 is 0 Å². The summed E-state index contributed by atoms with van der Waals surface area (Å²) in [5.41, 5.74) is 7.02. The largest absolute Gasteiger partial charge is 0.458 e. The van der Waals surface area contributed by atoms with Crippen molar-refractivity contribution in [3.63, 3.8) is 0 Å². The first-order valence-corrected chi connectivity index (χ1v) is 5.80. The lowest BCUT2D eigenvalue weighted by atomic mass is 10.3. The molecule has 0 unspecified atom stereocenters. The van der Waals surface area contributed by atoms with Crippen molar-refractivity contribution in [2.24, 2.45) is 0 Å². The molecule has 1 heterocycles. The van der Waals surface area contributed by atoms with E-state index in [1.807, 2.05) is 6.92 Å². The Morgan fingerprint density at radius 3 is 2.78 bits per heavy atom. The molecule has 102 valence electrons. The summed E-state index contributed by atoms with van der Waals surface area (Å²) in [6.07, 6.45) is 0. The Kier molecular flexibility index (Phi) is 5.60. The van der Waals surface area contributed by atoms with Gasteiger partial charge in [-0.05, 0) is 13.8 Å². The maximum absolute atomic E-state index is 11.8. The van der Waals surface area contributed by atoms with Gasteiger partial charge >= 0.3 is 5.97 Å². The van der Waals surface area contributed by atoms with Crippen LogP contribution in [0, 0.1) is 6.92 Å². The summed E-state index contributed by atoms with van der Waals surface area (Å²) in [4.78, 5) is 11.8. The van der Waals surface area contributed by atoms with Gasteiger partial charge in [0.1, 0.15) is 6.61 Å². The number of esters is 1. The number of carbonyl (C=O) groups is 1. The van der Waals surface area contributed by atoms with Gasteiger partial charge in [-0.15, -0.1) is 0 Å². The predicted octanol–water partition coefficient (Wildman–Crippen LogP) is -0.0407. The molecular weight excluding hydrogens is 238 g/mol. The molecule has 7 heteroatoms. The van der Waals surface area contributed by atoms with E-state index in [2.05, 4.69) is 5.10 Å². The van der Waals surface area contributed by atoms with Gasteiger partial charge in [-0.1, -0.05) is 0 Å². The molecule has 0 fully saturated rings. The van der Waals surface area contributed by atoms with Crippen molar-refractivity contribution in [2.75, 3.05) is 32.2 Å². The van der Waals surface area contributed by atoms with E-state index < -0.39 is 5.97 Å². The molecular formula is C11H19N3O4. The molecule has 1 aromatic heterocycles. The Hall–Kier alpha value is -1.60.